The minimum atomic E-state index is -1.02. The summed E-state index contributed by atoms with van der Waals surface area (Å²) in [5, 5.41) is 26.2. The minimum Gasteiger partial charge on any atom is -0.657 e. The van der Waals surface area contributed by atoms with E-state index in [1.54, 1.807) is 6.07 Å². The van der Waals surface area contributed by atoms with Crippen LogP contribution in [-0.2, 0) is 16.6 Å². The molecule has 0 radical (unpaired) electrons. The minimum absolute atomic E-state index is 0.0313. The predicted octanol–water partition coefficient (Wildman–Crippen LogP) is 1.19. The van der Waals surface area contributed by atoms with E-state index in [1.807, 2.05) is 6.07 Å². The summed E-state index contributed by atoms with van der Waals surface area (Å²) in [5.74, 6) is 0.504. The van der Waals surface area contributed by atoms with Crippen molar-refractivity contribution >= 4 is 5.78 Å². The van der Waals surface area contributed by atoms with Crippen LogP contribution in [0.25, 0.3) is 5.32 Å². The molecule has 0 amide bonds. The number of carbonyl (C=O) groups excluding carboxylic acids is 1. The average molecular weight is 286 g/mol. The molecule has 21 heavy (non-hydrogen) atoms. The molecule has 2 aliphatic heterocycles. The van der Waals surface area contributed by atoms with Crippen LogP contribution in [0.15, 0.2) is 12.1 Å². The molecule has 110 valence electrons. The zero-order valence-corrected chi connectivity index (χ0v) is 11.5. The summed E-state index contributed by atoms with van der Waals surface area (Å²) in [6.07, 6.45) is 1.36. The van der Waals surface area contributed by atoms with Crippen LogP contribution < -0.4 is 4.74 Å². The summed E-state index contributed by atoms with van der Waals surface area (Å²) in [6.45, 7) is 0.634. The molecule has 2 aliphatic carbocycles. The second kappa shape index (κ2) is 3.42. The number of Topliss-reactive ketones (excluding diaryl/α,β-unsaturated/α-hetero) is 1. The maximum Gasteiger partial charge on any atom is 0.174 e. The maximum absolute atomic E-state index is 12.4. The van der Waals surface area contributed by atoms with Crippen LogP contribution in [0.4, 0.5) is 0 Å². The second-order valence-corrected chi connectivity index (χ2v) is 6.68. The van der Waals surface area contributed by atoms with Gasteiger partial charge >= 0.3 is 0 Å². The molecule has 2 fully saturated rings. The number of nitrogens with zero attached hydrogens (tertiary/aromatic N) is 1. The van der Waals surface area contributed by atoms with E-state index >= 15 is 0 Å². The lowest BCUT2D eigenvalue weighted by molar-refractivity contribution is -0.157. The summed E-state index contributed by atoms with van der Waals surface area (Å²) < 4.78 is 5.89. The van der Waals surface area contributed by atoms with Crippen molar-refractivity contribution in [3.63, 3.8) is 0 Å². The predicted molar refractivity (Wildman–Crippen MR) is 73.7 cm³/mol. The van der Waals surface area contributed by atoms with Crippen LogP contribution in [0.1, 0.15) is 30.4 Å². The first-order valence-corrected chi connectivity index (χ1v) is 7.51. The molecule has 2 heterocycles. The third-order valence-corrected chi connectivity index (χ3v) is 5.99. The molecule has 5 nitrogen and oxygen atoms in total. The number of ketones is 1. The summed E-state index contributed by atoms with van der Waals surface area (Å²) in [4.78, 5) is 12.4. The highest BCUT2D eigenvalue weighted by Gasteiger charge is 2.69. The fraction of sp³-hybridized carbons (Fsp3) is 0.562. The van der Waals surface area contributed by atoms with Crippen LogP contribution >= 0.6 is 0 Å². The fourth-order valence-corrected chi connectivity index (χ4v) is 5.12. The van der Waals surface area contributed by atoms with Gasteiger partial charge in [0.2, 0.25) is 0 Å². The first-order chi connectivity index (χ1) is 10.1. The zero-order chi connectivity index (χ0) is 14.4. The van der Waals surface area contributed by atoms with Crippen LogP contribution in [-0.4, -0.2) is 40.3 Å². The number of carbonyl (C=O) groups is 1. The van der Waals surface area contributed by atoms with Gasteiger partial charge in [0.15, 0.2) is 23.4 Å². The number of aliphatic hydroxyl groups is 1. The molecule has 1 spiro atoms. The summed E-state index contributed by atoms with van der Waals surface area (Å²) in [5.41, 5.74) is 0.194. The van der Waals surface area contributed by atoms with Crippen molar-refractivity contribution in [1.29, 1.82) is 0 Å². The molecule has 2 N–H and O–H groups in total. The summed E-state index contributed by atoms with van der Waals surface area (Å²) >= 11 is 0. The van der Waals surface area contributed by atoms with Crippen molar-refractivity contribution in [2.75, 3.05) is 6.54 Å². The third kappa shape index (κ3) is 1.09. The van der Waals surface area contributed by atoms with E-state index < -0.39 is 17.1 Å². The van der Waals surface area contributed by atoms with Gasteiger partial charge in [0.25, 0.3) is 0 Å². The number of rotatable bonds is 0. The van der Waals surface area contributed by atoms with Crippen LogP contribution in [0.5, 0.6) is 11.5 Å². The number of piperidine rings is 1. The maximum atomic E-state index is 12.4. The van der Waals surface area contributed by atoms with Gasteiger partial charge in [-0.25, -0.2) is 0 Å². The Bertz CT molecular complexity index is 687. The Morgan fingerprint density at radius 3 is 3.05 bits per heavy atom. The molecule has 4 atom stereocenters. The lowest BCUT2D eigenvalue weighted by atomic mass is 9.49. The Balaban J connectivity index is 1.89. The number of phenols is 1. The Labute approximate surface area is 121 Å². The van der Waals surface area contributed by atoms with E-state index in [2.05, 4.69) is 5.32 Å². The van der Waals surface area contributed by atoms with Gasteiger partial charge in [0.05, 0.1) is 11.0 Å². The highest BCUT2D eigenvalue weighted by Crippen LogP contribution is 2.65. The van der Waals surface area contributed by atoms with E-state index in [1.165, 1.54) is 0 Å². The number of aromatic hydroxyl groups is 1. The summed E-state index contributed by atoms with van der Waals surface area (Å²) in [7, 11) is 0. The van der Waals surface area contributed by atoms with Gasteiger partial charge in [0, 0.05) is 12.0 Å². The highest BCUT2D eigenvalue weighted by molar-refractivity contribution is 5.90. The first-order valence-electron chi connectivity index (χ1n) is 7.51. The van der Waals surface area contributed by atoms with E-state index in [-0.39, 0.29) is 17.6 Å². The molecule has 5 heteroatoms. The van der Waals surface area contributed by atoms with Crippen LogP contribution in [0, 0.1) is 0 Å². The molecule has 2 bridgehead atoms. The molecule has 1 saturated heterocycles. The normalized spacial score (nSPS) is 42.4. The Kier molecular flexibility index (Phi) is 1.95. The van der Waals surface area contributed by atoms with Crippen molar-refractivity contribution < 1.29 is 19.7 Å². The fourth-order valence-electron chi connectivity index (χ4n) is 5.12. The average Bonchev–Trinajstić information content (AvgIpc) is 2.80. The number of hydrogen-bond acceptors (Lipinski definition) is 4. The molecular formula is C16H16NO4-. The van der Waals surface area contributed by atoms with Crippen LogP contribution in [0.2, 0.25) is 0 Å². The van der Waals surface area contributed by atoms with E-state index in [4.69, 9.17) is 4.74 Å². The molecular weight excluding hydrogens is 270 g/mol. The Hall–Kier alpha value is -1.59. The quantitative estimate of drug-likeness (QED) is 0.750. The van der Waals surface area contributed by atoms with Crippen molar-refractivity contribution in [3.8, 4) is 11.5 Å². The van der Waals surface area contributed by atoms with Gasteiger partial charge in [-0.15, -0.1) is 12.6 Å². The SMILES string of the molecule is O=C1CCC2(O)C3Cc4ccc(O)c5c4C2(CC[N-]3)C1O5. The van der Waals surface area contributed by atoms with E-state index in [9.17, 15) is 15.0 Å². The third-order valence-electron chi connectivity index (χ3n) is 5.99. The molecule has 0 aromatic heterocycles. The van der Waals surface area contributed by atoms with E-state index in [0.29, 0.717) is 38.0 Å². The van der Waals surface area contributed by atoms with Gasteiger partial charge in [-0.1, -0.05) is 12.5 Å². The lowest BCUT2D eigenvalue weighted by Gasteiger charge is -2.65. The Morgan fingerprint density at radius 2 is 2.19 bits per heavy atom. The van der Waals surface area contributed by atoms with Gasteiger partial charge in [0.1, 0.15) is 0 Å². The zero-order valence-electron chi connectivity index (χ0n) is 11.5. The number of benzene rings is 1. The van der Waals surface area contributed by atoms with E-state index in [0.717, 1.165) is 11.1 Å². The highest BCUT2D eigenvalue weighted by atomic mass is 16.5. The molecule has 1 saturated carbocycles. The Morgan fingerprint density at radius 1 is 1.33 bits per heavy atom. The van der Waals surface area contributed by atoms with Crippen molar-refractivity contribution in [3.05, 3.63) is 28.6 Å². The van der Waals surface area contributed by atoms with Crippen LogP contribution in [0.3, 0.4) is 0 Å². The number of hydrogen-bond donors (Lipinski definition) is 2. The number of ether oxygens (including phenoxy) is 1. The van der Waals surface area contributed by atoms with Crippen molar-refractivity contribution in [1.82, 2.24) is 0 Å². The van der Waals surface area contributed by atoms with Gasteiger partial charge < -0.3 is 20.3 Å². The van der Waals surface area contributed by atoms with Crippen molar-refractivity contribution in [2.45, 2.75) is 48.8 Å². The molecule has 1 aromatic rings. The van der Waals surface area contributed by atoms with Gasteiger partial charge in [-0.3, -0.25) is 4.79 Å². The van der Waals surface area contributed by atoms with Gasteiger partial charge in [-0.05, 0) is 24.5 Å². The standard InChI is InChI=1S/C16H16NO4/c18-9-2-1-8-7-11-16(20)4-3-10(19)14-15(16,5-6-17-11)12(8)13(9)21-14/h1-2,11,14,18,20H,3-7H2/q-1. The molecule has 5 rings (SSSR count). The first kappa shape index (κ1) is 12.0. The molecule has 4 unspecified atom stereocenters. The molecule has 4 aliphatic rings. The topological polar surface area (TPSA) is 80.9 Å². The van der Waals surface area contributed by atoms with Gasteiger partial charge in [-0.2, -0.15) is 0 Å². The summed E-state index contributed by atoms with van der Waals surface area (Å²) in [6, 6.07) is 3.33. The monoisotopic (exact) mass is 286 g/mol. The lowest BCUT2D eigenvalue weighted by Crippen LogP contribution is -2.71. The molecule has 1 aromatic carbocycles. The van der Waals surface area contributed by atoms with Crippen molar-refractivity contribution in [2.24, 2.45) is 0 Å². The number of phenolic OH excluding ortho intramolecular Hbond substituents is 1. The second-order valence-electron chi connectivity index (χ2n) is 6.68. The smallest absolute Gasteiger partial charge is 0.174 e. The largest absolute Gasteiger partial charge is 0.657 e.